The van der Waals surface area contributed by atoms with E-state index < -0.39 is 32.3 Å². The Morgan fingerprint density at radius 2 is 0.382 bits per heavy atom. The minimum absolute atomic E-state index is 0.583. The number of hydrogen-bond donors (Lipinski definition) is 0. The SMILES string of the molecule is CC(C)[Si](C#Cc1ccc(C#C[Si](C(C)C)(C(C)C)C(C)C)c2nc3ccccc3nc12)(C(C)C)C(C)C.CC(C)[Si](C#Cc1ccc(C#C[Si](C(C)C)(C(C)C)C(C)C)c2nc3ccccc3nc12)(C(C)C)C(C)C. The Bertz CT molecular complexity index is 2730. The molecule has 0 atom stereocenters. The minimum atomic E-state index is -1.87. The van der Waals surface area contributed by atoms with Crippen LogP contribution in [0.2, 0.25) is 66.5 Å². The Hall–Kier alpha value is -4.81. The topological polar surface area (TPSA) is 51.6 Å². The van der Waals surface area contributed by atoms with E-state index >= 15 is 0 Å². The van der Waals surface area contributed by atoms with Crippen LogP contribution in [0.4, 0.5) is 0 Å². The Balaban J connectivity index is 0.000000281. The molecule has 6 aromatic rings. The average Bonchev–Trinajstić information content (AvgIpc) is 3.33. The summed E-state index contributed by atoms with van der Waals surface area (Å²) in [5, 5.41) is 0. The lowest BCUT2D eigenvalue weighted by Crippen LogP contribution is -2.43. The van der Waals surface area contributed by atoms with Crippen molar-refractivity contribution < 1.29 is 0 Å². The Kier molecular flexibility index (Phi) is 20.7. The molecule has 0 unspecified atom stereocenters. The molecule has 0 saturated heterocycles. The summed E-state index contributed by atoms with van der Waals surface area (Å²) in [7, 11) is -7.50. The Morgan fingerprint density at radius 3 is 0.513 bits per heavy atom. The van der Waals surface area contributed by atoms with Gasteiger partial charge in [-0.3, -0.25) is 0 Å². The van der Waals surface area contributed by atoms with Crippen LogP contribution < -0.4 is 0 Å². The molecule has 2 heterocycles. The molecule has 0 bridgehead atoms. The zero-order chi connectivity index (χ0) is 56.8. The number of rotatable bonds is 12. The molecule has 0 amide bonds. The van der Waals surface area contributed by atoms with E-state index in [1.54, 1.807) is 0 Å². The minimum Gasteiger partial charge on any atom is -0.243 e. The Labute approximate surface area is 467 Å². The third kappa shape index (κ3) is 12.1. The van der Waals surface area contributed by atoms with Gasteiger partial charge in [-0.25, -0.2) is 19.9 Å². The lowest BCUT2D eigenvalue weighted by molar-refractivity contribution is 0.838. The normalized spacial score (nSPS) is 12.7. The highest BCUT2D eigenvalue weighted by Gasteiger charge is 2.45. The van der Waals surface area contributed by atoms with Gasteiger partial charge in [-0.2, -0.15) is 0 Å². The summed E-state index contributed by atoms with van der Waals surface area (Å²) >= 11 is 0. The molecule has 0 aliphatic rings. The maximum Gasteiger partial charge on any atom is 0.146 e. The van der Waals surface area contributed by atoms with Crippen LogP contribution in [-0.4, -0.2) is 52.2 Å². The van der Waals surface area contributed by atoms with Crippen molar-refractivity contribution in [2.24, 2.45) is 0 Å². The van der Waals surface area contributed by atoms with E-state index in [0.717, 1.165) is 66.4 Å². The van der Waals surface area contributed by atoms with Crippen molar-refractivity contribution in [2.75, 3.05) is 0 Å². The molecule has 0 saturated carbocycles. The molecule has 8 heteroatoms. The zero-order valence-electron chi connectivity index (χ0n) is 51.6. The number of nitrogens with zero attached hydrogens (tertiary/aromatic N) is 4. The molecule has 0 fully saturated rings. The van der Waals surface area contributed by atoms with Crippen molar-refractivity contribution in [2.45, 2.75) is 233 Å². The number of hydrogen-bond acceptors (Lipinski definition) is 4. The number of para-hydroxylation sites is 4. The predicted molar refractivity (Wildman–Crippen MR) is 346 cm³/mol. The summed E-state index contributed by atoms with van der Waals surface area (Å²) in [6.45, 7) is 56.7. The standard InChI is InChI=1S/2C34H48N2Si2/c2*1-23(2)37(24(3)4,25(5)6)21-19-29-17-18-30(20-22-38(26(7)8,27(9)10)28(11)12)34-33(29)35-31-15-13-14-16-32(31)36-34/h2*13-18,23-28H,1-12H3. The average molecular weight is 1080 g/mol. The van der Waals surface area contributed by atoms with Gasteiger partial charge in [-0.05, 0) is 115 Å². The third-order valence-electron chi connectivity index (χ3n) is 18.1. The zero-order valence-corrected chi connectivity index (χ0v) is 55.6. The van der Waals surface area contributed by atoms with Crippen LogP contribution in [0.3, 0.4) is 0 Å². The van der Waals surface area contributed by atoms with Crippen molar-refractivity contribution in [1.29, 1.82) is 0 Å². The van der Waals surface area contributed by atoms with E-state index in [9.17, 15) is 0 Å². The van der Waals surface area contributed by atoms with Gasteiger partial charge in [-0.1, -0.05) is 214 Å². The fourth-order valence-electron chi connectivity index (χ4n) is 14.2. The van der Waals surface area contributed by atoms with Crippen LogP contribution in [0.15, 0.2) is 72.8 Å². The van der Waals surface area contributed by atoms with Crippen LogP contribution in [-0.2, 0) is 0 Å². The molecule has 4 aromatic carbocycles. The van der Waals surface area contributed by atoms with E-state index in [0.29, 0.717) is 66.5 Å². The second-order valence-electron chi connectivity index (χ2n) is 25.7. The van der Waals surface area contributed by atoms with Crippen molar-refractivity contribution >= 4 is 76.4 Å². The molecule has 4 nitrogen and oxygen atoms in total. The molecule has 0 N–H and O–H groups in total. The first-order chi connectivity index (χ1) is 35.6. The predicted octanol–water partition coefficient (Wildman–Crippen LogP) is 19.8. The molecular formula is C68H96N4Si4. The van der Waals surface area contributed by atoms with E-state index in [1.807, 2.05) is 48.5 Å². The molecule has 2 aromatic heterocycles. The van der Waals surface area contributed by atoms with Crippen LogP contribution in [0.1, 0.15) is 188 Å². The fraction of sp³-hybridized carbons (Fsp3) is 0.529. The molecule has 76 heavy (non-hydrogen) atoms. The van der Waals surface area contributed by atoms with E-state index in [1.165, 1.54) is 0 Å². The van der Waals surface area contributed by atoms with Gasteiger partial charge in [0.25, 0.3) is 0 Å². The summed E-state index contributed by atoms with van der Waals surface area (Å²) in [6, 6.07) is 24.9. The second-order valence-corrected chi connectivity index (χ2v) is 48.0. The number of fused-ring (bicyclic) bond motifs is 4. The quantitative estimate of drug-likeness (QED) is 0.0696. The lowest BCUT2D eigenvalue weighted by Gasteiger charge is -2.38. The Morgan fingerprint density at radius 1 is 0.237 bits per heavy atom. The summed E-state index contributed by atoms with van der Waals surface area (Å²) in [6.07, 6.45) is 0. The molecular weight excluding hydrogens is 985 g/mol. The highest BCUT2D eigenvalue weighted by Crippen LogP contribution is 2.44. The molecule has 404 valence electrons. The summed E-state index contributed by atoms with van der Waals surface area (Å²) in [5.74, 6) is 14.6. The summed E-state index contributed by atoms with van der Waals surface area (Å²) in [4.78, 5) is 20.5. The maximum absolute atomic E-state index is 5.12. The largest absolute Gasteiger partial charge is 0.243 e. The van der Waals surface area contributed by atoms with Gasteiger partial charge >= 0.3 is 0 Å². The summed E-state index contributed by atoms with van der Waals surface area (Å²) in [5.41, 5.74) is 33.6. The van der Waals surface area contributed by atoms with Gasteiger partial charge in [0, 0.05) is 0 Å². The van der Waals surface area contributed by atoms with Gasteiger partial charge in [-0.15, -0.1) is 22.2 Å². The molecule has 6 rings (SSSR count). The van der Waals surface area contributed by atoms with Crippen LogP contribution in [0.5, 0.6) is 0 Å². The highest BCUT2D eigenvalue weighted by atomic mass is 28.3. The second kappa shape index (κ2) is 25.3. The van der Waals surface area contributed by atoms with Gasteiger partial charge in [0.1, 0.15) is 54.4 Å². The van der Waals surface area contributed by atoms with E-state index in [4.69, 9.17) is 19.9 Å². The van der Waals surface area contributed by atoms with Gasteiger partial charge in [0.15, 0.2) is 0 Å². The van der Waals surface area contributed by atoms with E-state index in [-0.39, 0.29) is 0 Å². The third-order valence-corrected chi connectivity index (χ3v) is 43.3. The first-order valence-corrected chi connectivity index (χ1v) is 38.0. The maximum atomic E-state index is 5.12. The first-order valence-electron chi connectivity index (χ1n) is 29.1. The smallest absolute Gasteiger partial charge is 0.146 e. The molecule has 0 spiro atoms. The van der Waals surface area contributed by atoms with Crippen molar-refractivity contribution in [1.82, 2.24) is 19.9 Å². The molecule has 0 aliphatic heterocycles. The van der Waals surface area contributed by atoms with Crippen molar-refractivity contribution in [3.63, 3.8) is 0 Å². The monoisotopic (exact) mass is 1080 g/mol. The van der Waals surface area contributed by atoms with Crippen molar-refractivity contribution in [3.8, 4) is 45.9 Å². The molecule has 0 aliphatic carbocycles. The summed E-state index contributed by atoms with van der Waals surface area (Å²) < 4.78 is 0. The van der Waals surface area contributed by atoms with Gasteiger partial charge < -0.3 is 0 Å². The number of benzene rings is 4. The van der Waals surface area contributed by atoms with Crippen LogP contribution in [0, 0.1) is 45.9 Å². The van der Waals surface area contributed by atoms with Gasteiger partial charge in [0.05, 0.1) is 44.3 Å². The molecule has 0 radical (unpaired) electrons. The highest BCUT2D eigenvalue weighted by molar-refractivity contribution is 6.92. The van der Waals surface area contributed by atoms with E-state index in [2.05, 4.69) is 236 Å². The van der Waals surface area contributed by atoms with Crippen LogP contribution in [0.25, 0.3) is 44.1 Å². The number of aromatic nitrogens is 4. The van der Waals surface area contributed by atoms with Crippen LogP contribution >= 0.6 is 0 Å². The lowest BCUT2D eigenvalue weighted by atomic mass is 10.1. The van der Waals surface area contributed by atoms with Gasteiger partial charge in [0.2, 0.25) is 0 Å². The first kappa shape index (κ1) is 62.0. The fourth-order valence-corrected chi connectivity index (χ4v) is 35.1. The van der Waals surface area contributed by atoms with Crippen molar-refractivity contribution in [3.05, 3.63) is 95.1 Å².